The van der Waals surface area contributed by atoms with Gasteiger partial charge in [-0.15, -0.1) is 0 Å². The van der Waals surface area contributed by atoms with Crippen LogP contribution >= 0.6 is 0 Å². The number of amides is 1. The molecule has 0 aliphatic carbocycles. The van der Waals surface area contributed by atoms with Crippen molar-refractivity contribution >= 4 is 5.91 Å². The number of aryl methyl sites for hydroxylation is 2. The number of benzene rings is 1. The number of rotatable bonds is 5. The molecule has 2 rings (SSSR count). The monoisotopic (exact) mass is 276 g/mol. The highest BCUT2D eigenvalue weighted by Crippen LogP contribution is 2.15. The number of carbonyl (C=O) groups excluding carboxylic acids is 1. The molecule has 1 saturated heterocycles. The van der Waals surface area contributed by atoms with Crippen LogP contribution in [-0.4, -0.2) is 48.2 Å². The van der Waals surface area contributed by atoms with Gasteiger partial charge in [-0.2, -0.15) is 0 Å². The summed E-state index contributed by atoms with van der Waals surface area (Å²) in [7, 11) is 0. The van der Waals surface area contributed by atoms with Crippen molar-refractivity contribution in [1.29, 1.82) is 0 Å². The fourth-order valence-corrected chi connectivity index (χ4v) is 2.71. The number of aliphatic hydroxyl groups excluding tert-OH is 1. The Morgan fingerprint density at radius 2 is 2.25 bits per heavy atom. The van der Waals surface area contributed by atoms with Crippen LogP contribution in [-0.2, 0) is 0 Å². The number of nitrogens with one attached hydrogen (secondary N) is 1. The molecule has 1 unspecified atom stereocenters. The van der Waals surface area contributed by atoms with Gasteiger partial charge < -0.3 is 15.3 Å². The zero-order valence-electron chi connectivity index (χ0n) is 12.4. The standard InChI is InChI=1S/C16H24N2O2/c1-12-5-6-13(2)15(10-12)16(20)18(8-9-19)11-14-4-3-7-17-14/h5-6,10,14,17,19H,3-4,7-9,11H2,1-2H3. The predicted molar refractivity (Wildman–Crippen MR) is 79.9 cm³/mol. The number of hydrogen-bond donors (Lipinski definition) is 2. The molecule has 1 aliphatic rings. The van der Waals surface area contributed by atoms with Crippen molar-refractivity contribution in [3.8, 4) is 0 Å². The molecule has 2 N–H and O–H groups in total. The van der Waals surface area contributed by atoms with Gasteiger partial charge in [-0.25, -0.2) is 0 Å². The van der Waals surface area contributed by atoms with Gasteiger partial charge in [0.15, 0.2) is 0 Å². The first-order valence-corrected chi connectivity index (χ1v) is 7.32. The van der Waals surface area contributed by atoms with Crippen molar-refractivity contribution in [2.45, 2.75) is 32.7 Å². The molecule has 1 aromatic rings. The highest BCUT2D eigenvalue weighted by molar-refractivity contribution is 5.95. The molecule has 1 amide bonds. The molecular weight excluding hydrogens is 252 g/mol. The Bertz CT molecular complexity index is 468. The van der Waals surface area contributed by atoms with Crippen molar-refractivity contribution < 1.29 is 9.90 Å². The van der Waals surface area contributed by atoms with Crippen LogP contribution in [0.2, 0.25) is 0 Å². The Morgan fingerprint density at radius 3 is 2.90 bits per heavy atom. The van der Waals surface area contributed by atoms with Crippen molar-refractivity contribution in [3.05, 3.63) is 34.9 Å². The van der Waals surface area contributed by atoms with E-state index in [1.165, 1.54) is 0 Å². The predicted octanol–water partition coefficient (Wildman–Crippen LogP) is 1.49. The second-order valence-corrected chi connectivity index (χ2v) is 5.59. The zero-order chi connectivity index (χ0) is 14.5. The van der Waals surface area contributed by atoms with Crippen molar-refractivity contribution in [2.75, 3.05) is 26.2 Å². The summed E-state index contributed by atoms with van der Waals surface area (Å²) in [6.07, 6.45) is 2.26. The average Bonchev–Trinajstić information content (AvgIpc) is 2.93. The SMILES string of the molecule is Cc1ccc(C)c(C(=O)N(CCO)CC2CCCN2)c1. The lowest BCUT2D eigenvalue weighted by molar-refractivity contribution is 0.0705. The second kappa shape index (κ2) is 6.86. The van der Waals surface area contributed by atoms with Crippen molar-refractivity contribution in [3.63, 3.8) is 0 Å². The maximum absolute atomic E-state index is 12.7. The summed E-state index contributed by atoms with van der Waals surface area (Å²) in [5, 5.41) is 12.6. The van der Waals surface area contributed by atoms with Gasteiger partial charge in [-0.05, 0) is 44.9 Å². The number of nitrogens with zero attached hydrogens (tertiary/aromatic N) is 1. The van der Waals surface area contributed by atoms with Crippen LogP contribution in [0.4, 0.5) is 0 Å². The van der Waals surface area contributed by atoms with E-state index >= 15 is 0 Å². The normalized spacial score (nSPS) is 18.2. The zero-order valence-corrected chi connectivity index (χ0v) is 12.4. The molecule has 0 aromatic heterocycles. The van der Waals surface area contributed by atoms with Crippen LogP contribution in [0.1, 0.15) is 34.3 Å². The van der Waals surface area contributed by atoms with Crippen LogP contribution in [0.15, 0.2) is 18.2 Å². The fourth-order valence-electron chi connectivity index (χ4n) is 2.71. The minimum atomic E-state index is 0.00330. The van der Waals surface area contributed by atoms with E-state index in [0.717, 1.165) is 36.1 Å². The van der Waals surface area contributed by atoms with Crippen LogP contribution < -0.4 is 5.32 Å². The summed E-state index contributed by atoms with van der Waals surface area (Å²) >= 11 is 0. The minimum absolute atomic E-state index is 0.00330. The maximum atomic E-state index is 12.7. The van der Waals surface area contributed by atoms with Crippen LogP contribution in [0, 0.1) is 13.8 Å². The lowest BCUT2D eigenvalue weighted by Crippen LogP contribution is -2.42. The topological polar surface area (TPSA) is 52.6 Å². The first kappa shape index (κ1) is 15.0. The van der Waals surface area contributed by atoms with Gasteiger partial charge >= 0.3 is 0 Å². The summed E-state index contributed by atoms with van der Waals surface area (Å²) < 4.78 is 0. The molecular formula is C16H24N2O2. The van der Waals surface area contributed by atoms with E-state index in [-0.39, 0.29) is 12.5 Å². The van der Waals surface area contributed by atoms with Gasteiger partial charge in [-0.3, -0.25) is 4.79 Å². The number of aliphatic hydroxyl groups is 1. The lowest BCUT2D eigenvalue weighted by atomic mass is 10.0. The van der Waals surface area contributed by atoms with Gasteiger partial charge in [0.25, 0.3) is 5.91 Å². The highest BCUT2D eigenvalue weighted by Gasteiger charge is 2.23. The van der Waals surface area contributed by atoms with Gasteiger partial charge in [0, 0.05) is 24.7 Å². The maximum Gasteiger partial charge on any atom is 0.254 e. The molecule has 0 radical (unpaired) electrons. The quantitative estimate of drug-likeness (QED) is 0.856. The van der Waals surface area contributed by atoms with Gasteiger partial charge in [0.1, 0.15) is 0 Å². The van der Waals surface area contributed by atoms with Crippen LogP contribution in [0.3, 0.4) is 0 Å². The van der Waals surface area contributed by atoms with E-state index in [1.807, 2.05) is 32.0 Å². The van der Waals surface area contributed by atoms with Crippen LogP contribution in [0.25, 0.3) is 0 Å². The Labute approximate surface area is 120 Å². The molecule has 1 aromatic carbocycles. The first-order chi connectivity index (χ1) is 9.61. The molecule has 0 bridgehead atoms. The van der Waals surface area contributed by atoms with Crippen LogP contribution in [0.5, 0.6) is 0 Å². The third-order valence-electron chi connectivity index (χ3n) is 3.88. The van der Waals surface area contributed by atoms with Gasteiger partial charge in [0.05, 0.1) is 6.61 Å². The molecule has 0 spiro atoms. The summed E-state index contributed by atoms with van der Waals surface area (Å²) in [4.78, 5) is 14.5. The Kier molecular flexibility index (Phi) is 5.15. The summed E-state index contributed by atoms with van der Waals surface area (Å²) in [6, 6.07) is 6.29. The third-order valence-corrected chi connectivity index (χ3v) is 3.88. The Morgan fingerprint density at radius 1 is 1.45 bits per heavy atom. The fraction of sp³-hybridized carbons (Fsp3) is 0.562. The molecule has 4 nitrogen and oxygen atoms in total. The highest BCUT2D eigenvalue weighted by atomic mass is 16.3. The van der Waals surface area contributed by atoms with E-state index in [9.17, 15) is 9.90 Å². The van der Waals surface area contributed by atoms with Gasteiger partial charge in [0.2, 0.25) is 0 Å². The molecule has 110 valence electrons. The summed E-state index contributed by atoms with van der Waals surface area (Å²) in [5.74, 6) is 0.0222. The summed E-state index contributed by atoms with van der Waals surface area (Å²) in [6.45, 7) is 6.04. The van der Waals surface area contributed by atoms with E-state index in [0.29, 0.717) is 19.1 Å². The molecule has 1 aliphatic heterocycles. The average molecular weight is 276 g/mol. The second-order valence-electron chi connectivity index (χ2n) is 5.59. The van der Waals surface area contributed by atoms with E-state index < -0.39 is 0 Å². The van der Waals surface area contributed by atoms with E-state index in [1.54, 1.807) is 4.90 Å². The van der Waals surface area contributed by atoms with Gasteiger partial charge in [-0.1, -0.05) is 17.7 Å². The molecule has 0 saturated carbocycles. The van der Waals surface area contributed by atoms with Crippen molar-refractivity contribution in [2.24, 2.45) is 0 Å². The Balaban J connectivity index is 2.14. The first-order valence-electron chi connectivity index (χ1n) is 7.32. The molecule has 20 heavy (non-hydrogen) atoms. The third kappa shape index (κ3) is 3.58. The number of hydrogen-bond acceptors (Lipinski definition) is 3. The Hall–Kier alpha value is -1.39. The smallest absolute Gasteiger partial charge is 0.254 e. The largest absolute Gasteiger partial charge is 0.395 e. The molecule has 4 heteroatoms. The van der Waals surface area contributed by atoms with E-state index in [2.05, 4.69) is 5.32 Å². The molecule has 1 heterocycles. The molecule has 1 atom stereocenters. The van der Waals surface area contributed by atoms with Crippen molar-refractivity contribution in [1.82, 2.24) is 10.2 Å². The lowest BCUT2D eigenvalue weighted by Gasteiger charge is -2.26. The molecule has 1 fully saturated rings. The summed E-state index contributed by atoms with van der Waals surface area (Å²) in [5.41, 5.74) is 2.82. The van der Waals surface area contributed by atoms with E-state index in [4.69, 9.17) is 0 Å². The minimum Gasteiger partial charge on any atom is -0.395 e. The number of carbonyl (C=O) groups is 1.